The van der Waals surface area contributed by atoms with Crippen molar-refractivity contribution in [3.05, 3.63) is 36.5 Å². The number of hydrogen-bond donors (Lipinski definition) is 6. The summed E-state index contributed by atoms with van der Waals surface area (Å²) < 4.78 is 0. The fraction of sp³-hybridized carbons (Fsp3) is 0.500. The van der Waals surface area contributed by atoms with E-state index in [0.29, 0.717) is 6.42 Å². The first-order valence-electron chi connectivity index (χ1n) is 7.66. The van der Waals surface area contributed by atoms with Gasteiger partial charge in [-0.25, -0.2) is 14.4 Å². The molecule has 0 aliphatic heterocycles. The Morgan fingerprint density at radius 3 is 0.857 bits per heavy atom. The summed E-state index contributed by atoms with van der Waals surface area (Å²) in [4.78, 5) is 28.8. The predicted octanol–water partition coefficient (Wildman–Crippen LogP) is -1.58. The number of carbonyl (C=O) groups is 3. The monoisotopic (exact) mass is 432 g/mol. The van der Waals surface area contributed by atoms with E-state index in [1.54, 1.807) is 0 Å². The third kappa shape index (κ3) is 27.4. The van der Waals surface area contributed by atoms with Crippen molar-refractivity contribution in [1.29, 1.82) is 0 Å². The molecule has 160 valence electrons. The number of carboxylic acid groups (broad SMARTS) is 3. The molecule has 0 aromatic heterocycles. The van der Waals surface area contributed by atoms with Gasteiger partial charge in [-0.15, -0.1) is 0 Å². The maximum atomic E-state index is 9.60. The van der Waals surface area contributed by atoms with E-state index in [1.807, 2.05) is 6.92 Å². The summed E-state index contributed by atoms with van der Waals surface area (Å²) >= 11 is 0. The molecule has 0 aromatic rings. The Hall–Kier alpha value is -0.854. The molecule has 0 amide bonds. The van der Waals surface area contributed by atoms with Gasteiger partial charge in [0.05, 0.1) is 19.8 Å². The maximum absolute atomic E-state index is 9.60. The first-order chi connectivity index (χ1) is 12.2. The first-order valence-corrected chi connectivity index (χ1v) is 7.66. The molecular formula is C18H33KO9. The zero-order chi connectivity index (χ0) is 22.8. The van der Waals surface area contributed by atoms with Crippen LogP contribution in [-0.2, 0) is 14.4 Å². The molecule has 0 aliphatic rings. The summed E-state index contributed by atoms with van der Waals surface area (Å²) in [5, 5.41) is 49.6. The summed E-state index contributed by atoms with van der Waals surface area (Å²) in [6.07, 6.45) is 0.594. The molecule has 0 rings (SSSR count). The van der Waals surface area contributed by atoms with Gasteiger partial charge in [-0.05, 0) is 27.2 Å². The van der Waals surface area contributed by atoms with Crippen LogP contribution in [0.3, 0.4) is 0 Å². The Labute approximate surface area is 210 Å². The summed E-state index contributed by atoms with van der Waals surface area (Å²) in [6, 6.07) is 0. The Balaban J connectivity index is -0.0000000605. The molecule has 28 heavy (non-hydrogen) atoms. The van der Waals surface area contributed by atoms with Crippen molar-refractivity contribution in [1.82, 2.24) is 0 Å². The van der Waals surface area contributed by atoms with Crippen LogP contribution < -0.4 is 51.4 Å². The van der Waals surface area contributed by atoms with Gasteiger partial charge >= 0.3 is 69.3 Å². The predicted molar refractivity (Wildman–Crippen MR) is 102 cm³/mol. The van der Waals surface area contributed by atoms with E-state index in [0.717, 1.165) is 0 Å². The van der Waals surface area contributed by atoms with E-state index in [9.17, 15) is 14.4 Å². The van der Waals surface area contributed by atoms with Crippen LogP contribution in [0.1, 0.15) is 35.5 Å². The van der Waals surface area contributed by atoms with Gasteiger partial charge in [0, 0.05) is 22.1 Å². The topological polar surface area (TPSA) is 173 Å². The van der Waals surface area contributed by atoms with Gasteiger partial charge in [-0.1, -0.05) is 26.7 Å². The van der Waals surface area contributed by atoms with Crippen molar-refractivity contribution < 1.29 is 97.8 Å². The summed E-state index contributed by atoms with van der Waals surface area (Å²) in [5.41, 5.74) is -0.139. The van der Waals surface area contributed by atoms with Crippen LogP contribution >= 0.6 is 0 Å². The van der Waals surface area contributed by atoms with Crippen LogP contribution in [0.25, 0.3) is 0 Å². The van der Waals surface area contributed by atoms with Gasteiger partial charge in [0.15, 0.2) is 0 Å². The van der Waals surface area contributed by atoms with E-state index in [-0.39, 0.29) is 89.4 Å². The minimum Gasteiger partial charge on any atom is -1.00 e. The number of hydrogen-bond acceptors (Lipinski definition) is 6. The zero-order valence-electron chi connectivity index (χ0n) is 18.4. The van der Waals surface area contributed by atoms with Crippen molar-refractivity contribution in [2.75, 3.05) is 19.8 Å². The molecule has 0 unspecified atom stereocenters. The molecule has 0 saturated heterocycles. The van der Waals surface area contributed by atoms with Crippen molar-refractivity contribution >= 4 is 17.9 Å². The van der Waals surface area contributed by atoms with Gasteiger partial charge in [0.1, 0.15) is 0 Å². The maximum Gasteiger partial charge on any atom is 1.00 e. The van der Waals surface area contributed by atoms with Crippen LogP contribution in [0.5, 0.6) is 0 Å². The number of carboxylic acids is 3. The molecule has 9 nitrogen and oxygen atoms in total. The van der Waals surface area contributed by atoms with E-state index >= 15 is 0 Å². The van der Waals surface area contributed by atoms with Crippen molar-refractivity contribution in [3.8, 4) is 0 Å². The van der Waals surface area contributed by atoms with Crippen LogP contribution in [0.4, 0.5) is 0 Å². The SMILES string of the molecule is C=C(C)C(=O)O.C=C(C)C(=O)O.C=C(C)C(=O)O.CCC(CO)(CO)CO.[H-].[K+]. The van der Waals surface area contributed by atoms with Crippen molar-refractivity contribution in [2.24, 2.45) is 5.41 Å². The van der Waals surface area contributed by atoms with Crippen LogP contribution in [0.2, 0.25) is 0 Å². The van der Waals surface area contributed by atoms with Crippen molar-refractivity contribution in [3.63, 3.8) is 0 Å². The molecule has 0 aromatic carbocycles. The fourth-order valence-corrected chi connectivity index (χ4v) is 0.485. The molecule has 0 atom stereocenters. The van der Waals surface area contributed by atoms with Gasteiger partial charge in [-0.2, -0.15) is 0 Å². The summed E-state index contributed by atoms with van der Waals surface area (Å²) in [6.45, 7) is 15.2. The average Bonchev–Trinajstić information content (AvgIpc) is 2.58. The van der Waals surface area contributed by atoms with E-state index in [1.165, 1.54) is 20.8 Å². The normalized spacial score (nSPS) is 8.68. The van der Waals surface area contributed by atoms with Gasteiger partial charge in [0.2, 0.25) is 0 Å². The summed E-state index contributed by atoms with van der Waals surface area (Å²) in [5.74, 6) is -2.81. The second kappa shape index (κ2) is 22.4. The third-order valence-corrected chi connectivity index (χ3v) is 2.85. The Bertz CT molecular complexity index is 405. The second-order valence-electron chi connectivity index (χ2n) is 5.58. The standard InChI is InChI=1S/C6H14O3.3C4H6O2.K.H/c1-2-6(3-7,4-8)5-9;3*1-3(2)4(5)6;;/h7-9H,2-5H2,1H3;3*1H2,2H3,(H,5,6);;/q;;;;+1;-1. The number of aliphatic hydroxyl groups excluding tert-OH is 3. The first kappa shape index (κ1) is 37.8. The summed E-state index contributed by atoms with van der Waals surface area (Å²) in [7, 11) is 0. The third-order valence-electron chi connectivity index (χ3n) is 2.85. The molecule has 0 fully saturated rings. The van der Waals surface area contributed by atoms with Gasteiger partial charge < -0.3 is 32.1 Å². The molecule has 10 heteroatoms. The zero-order valence-corrected chi connectivity index (χ0v) is 20.5. The minimum atomic E-state index is -0.935. The molecular weight excluding hydrogens is 399 g/mol. The number of aliphatic hydroxyl groups is 3. The van der Waals surface area contributed by atoms with E-state index < -0.39 is 23.3 Å². The smallest absolute Gasteiger partial charge is 1.00 e. The van der Waals surface area contributed by atoms with E-state index in [4.69, 9.17) is 30.6 Å². The van der Waals surface area contributed by atoms with Gasteiger partial charge in [-0.3, -0.25) is 0 Å². The molecule has 0 heterocycles. The quantitative estimate of drug-likeness (QED) is 0.205. The molecule has 6 N–H and O–H groups in total. The molecule has 0 spiro atoms. The molecule has 0 radical (unpaired) electrons. The number of aliphatic carboxylic acids is 3. The molecule has 0 bridgehead atoms. The number of rotatable bonds is 7. The Morgan fingerprint density at radius 2 is 0.857 bits per heavy atom. The Morgan fingerprint density at radius 1 is 0.714 bits per heavy atom. The molecule has 0 saturated carbocycles. The van der Waals surface area contributed by atoms with Crippen LogP contribution in [-0.4, -0.2) is 68.4 Å². The van der Waals surface area contributed by atoms with Crippen molar-refractivity contribution in [2.45, 2.75) is 34.1 Å². The van der Waals surface area contributed by atoms with E-state index in [2.05, 4.69) is 19.7 Å². The fourth-order valence-electron chi connectivity index (χ4n) is 0.485. The molecule has 0 aliphatic carbocycles. The average molecular weight is 433 g/mol. The van der Waals surface area contributed by atoms with Gasteiger partial charge in [0.25, 0.3) is 0 Å². The second-order valence-corrected chi connectivity index (χ2v) is 5.58. The minimum absolute atomic E-state index is 0. The Kier molecular flexibility index (Phi) is 30.3. The largest absolute Gasteiger partial charge is 1.00 e. The van der Waals surface area contributed by atoms with Crippen LogP contribution in [0, 0.1) is 5.41 Å². The van der Waals surface area contributed by atoms with Crippen LogP contribution in [0.15, 0.2) is 36.5 Å².